The van der Waals surface area contributed by atoms with Gasteiger partial charge in [0.1, 0.15) is 23.5 Å². The highest BCUT2D eigenvalue weighted by Gasteiger charge is 2.39. The van der Waals surface area contributed by atoms with E-state index in [0.29, 0.717) is 18.8 Å². The smallest absolute Gasteiger partial charge is 0.146 e. The minimum Gasteiger partial charge on any atom is -0.487 e. The number of nitrogens with zero attached hydrogens (tertiary/aromatic N) is 1. The van der Waals surface area contributed by atoms with E-state index >= 15 is 0 Å². The molecule has 3 aliphatic rings. The first kappa shape index (κ1) is 18.2. The van der Waals surface area contributed by atoms with E-state index in [0.717, 1.165) is 61.7 Å². The van der Waals surface area contributed by atoms with Crippen molar-refractivity contribution in [1.82, 2.24) is 5.32 Å². The Bertz CT molecular complexity index is 895. The molecule has 2 aromatic rings. The zero-order chi connectivity index (χ0) is 19.3. The lowest BCUT2D eigenvalue weighted by atomic mass is 9.88. The molecule has 28 heavy (non-hydrogen) atoms. The quantitative estimate of drug-likeness (QED) is 0.818. The first-order valence-electron chi connectivity index (χ1n) is 9.65. The van der Waals surface area contributed by atoms with Gasteiger partial charge in [0.05, 0.1) is 24.5 Å². The number of fused-ring (bicyclic) bond motifs is 3. The molecule has 0 saturated carbocycles. The van der Waals surface area contributed by atoms with Crippen LogP contribution >= 0.6 is 11.6 Å². The number of ether oxygens (including phenoxy) is 2. The molecule has 3 heterocycles. The molecule has 2 aromatic carbocycles. The summed E-state index contributed by atoms with van der Waals surface area (Å²) in [7, 11) is 0. The molecule has 1 N–H and O–H groups in total. The summed E-state index contributed by atoms with van der Waals surface area (Å²) in [5.74, 6) is -0.286. The van der Waals surface area contributed by atoms with Crippen molar-refractivity contribution < 1.29 is 18.3 Å². The van der Waals surface area contributed by atoms with Crippen LogP contribution in [0.3, 0.4) is 0 Å². The molecule has 0 amide bonds. The number of anilines is 1. The van der Waals surface area contributed by atoms with Gasteiger partial charge in [-0.05, 0) is 42.8 Å². The number of hydrogen-bond donors (Lipinski definition) is 1. The summed E-state index contributed by atoms with van der Waals surface area (Å²) in [6.45, 7) is 4.40. The number of piperidine rings is 1. The van der Waals surface area contributed by atoms with Gasteiger partial charge in [0.2, 0.25) is 0 Å². The summed E-state index contributed by atoms with van der Waals surface area (Å²) < 4.78 is 41.1. The third kappa shape index (κ3) is 3.04. The van der Waals surface area contributed by atoms with E-state index in [4.69, 9.17) is 21.1 Å². The molecule has 0 aromatic heterocycles. The van der Waals surface area contributed by atoms with Crippen LogP contribution in [0.15, 0.2) is 24.3 Å². The Morgan fingerprint density at radius 3 is 2.57 bits per heavy atom. The summed E-state index contributed by atoms with van der Waals surface area (Å²) in [6.07, 6.45) is 1.02. The highest BCUT2D eigenvalue weighted by molar-refractivity contribution is 6.30. The second-order valence-corrected chi connectivity index (χ2v) is 7.95. The zero-order valence-corrected chi connectivity index (χ0v) is 16.1. The second-order valence-electron chi connectivity index (χ2n) is 7.51. The lowest BCUT2D eigenvalue weighted by Crippen LogP contribution is -2.38. The minimum absolute atomic E-state index is 0.0473. The number of hydrogen-bond acceptors (Lipinski definition) is 4. The Kier molecular flexibility index (Phi) is 4.65. The van der Waals surface area contributed by atoms with Crippen LogP contribution in [0.2, 0.25) is 5.02 Å². The zero-order valence-electron chi connectivity index (χ0n) is 15.3. The van der Waals surface area contributed by atoms with E-state index in [9.17, 15) is 8.78 Å². The number of halogens is 3. The number of morpholine rings is 1. The average molecular weight is 407 g/mol. The molecular weight excluding hydrogens is 386 g/mol. The minimum atomic E-state index is -0.657. The van der Waals surface area contributed by atoms with Gasteiger partial charge in [0.25, 0.3) is 0 Å². The molecule has 0 aliphatic carbocycles. The molecule has 0 bridgehead atoms. The van der Waals surface area contributed by atoms with Crippen LogP contribution in [0.1, 0.15) is 17.9 Å². The van der Waals surface area contributed by atoms with Crippen LogP contribution in [0.4, 0.5) is 14.5 Å². The van der Waals surface area contributed by atoms with Gasteiger partial charge >= 0.3 is 0 Å². The van der Waals surface area contributed by atoms with Crippen LogP contribution in [-0.2, 0) is 4.74 Å². The molecular formula is C21H21ClF2N2O2. The standard InChI is InChI=1S/C21H21ClF2N2O2/c22-13-9-16(23)20(17(24)10-13)12-7-14-15-11-25-2-1-19(15)28-21(14)18(8-12)26-3-5-27-6-4-26/h7-10,15,19,25H,1-6,11H2/t15-,19-/m0/s1. The lowest BCUT2D eigenvalue weighted by molar-refractivity contribution is 0.122. The van der Waals surface area contributed by atoms with Gasteiger partial charge in [0, 0.05) is 36.1 Å². The van der Waals surface area contributed by atoms with Gasteiger partial charge in [-0.3, -0.25) is 0 Å². The normalized spacial score (nSPS) is 23.9. The van der Waals surface area contributed by atoms with Crippen LogP contribution < -0.4 is 15.0 Å². The predicted molar refractivity (Wildman–Crippen MR) is 104 cm³/mol. The number of nitrogens with one attached hydrogen (secondary N) is 1. The fourth-order valence-electron chi connectivity index (χ4n) is 4.48. The molecule has 0 unspecified atom stereocenters. The summed E-state index contributed by atoms with van der Waals surface area (Å²) in [5, 5.41) is 3.46. The van der Waals surface area contributed by atoms with Gasteiger partial charge in [-0.25, -0.2) is 8.78 Å². The van der Waals surface area contributed by atoms with Crippen LogP contribution in [0, 0.1) is 11.6 Å². The van der Waals surface area contributed by atoms with E-state index in [1.807, 2.05) is 12.1 Å². The van der Waals surface area contributed by atoms with Gasteiger partial charge in [-0.2, -0.15) is 0 Å². The van der Waals surface area contributed by atoms with Gasteiger partial charge in [-0.15, -0.1) is 0 Å². The largest absolute Gasteiger partial charge is 0.487 e. The third-order valence-corrected chi connectivity index (χ3v) is 6.05. The molecule has 0 spiro atoms. The van der Waals surface area contributed by atoms with E-state index in [1.54, 1.807) is 0 Å². The van der Waals surface area contributed by atoms with Crippen molar-refractivity contribution in [3.05, 3.63) is 46.5 Å². The van der Waals surface area contributed by atoms with E-state index in [-0.39, 0.29) is 22.6 Å². The fraction of sp³-hybridized carbons (Fsp3) is 0.429. The van der Waals surface area contributed by atoms with Crippen molar-refractivity contribution in [3.63, 3.8) is 0 Å². The maximum atomic E-state index is 14.7. The van der Waals surface area contributed by atoms with Crippen LogP contribution in [-0.4, -0.2) is 45.5 Å². The Hall–Kier alpha value is -1.89. The Labute approximate surface area is 167 Å². The fourth-order valence-corrected chi connectivity index (χ4v) is 4.67. The lowest BCUT2D eigenvalue weighted by Gasteiger charge is -2.30. The maximum absolute atomic E-state index is 14.7. The summed E-state index contributed by atoms with van der Waals surface area (Å²) in [5.41, 5.74) is 2.37. The van der Waals surface area contributed by atoms with Crippen molar-refractivity contribution >= 4 is 17.3 Å². The molecule has 5 rings (SSSR count). The SMILES string of the molecule is Fc1cc(Cl)cc(F)c1-c1cc2c(c(N3CCOCC3)c1)O[C@H]1CCNC[C@@H]21. The summed E-state index contributed by atoms with van der Waals surface area (Å²) in [4.78, 5) is 2.18. The summed E-state index contributed by atoms with van der Waals surface area (Å²) in [6, 6.07) is 6.03. The van der Waals surface area contributed by atoms with Crippen molar-refractivity contribution in [2.45, 2.75) is 18.4 Å². The highest BCUT2D eigenvalue weighted by Crippen LogP contribution is 2.49. The van der Waals surface area contributed by atoms with Crippen molar-refractivity contribution in [2.24, 2.45) is 0 Å². The Morgan fingerprint density at radius 1 is 1.07 bits per heavy atom. The molecule has 148 valence electrons. The first-order valence-corrected chi connectivity index (χ1v) is 10.0. The molecule has 2 atom stereocenters. The molecule has 7 heteroatoms. The van der Waals surface area contributed by atoms with Gasteiger partial charge in [-0.1, -0.05) is 11.6 Å². The van der Waals surface area contributed by atoms with Gasteiger partial charge in [0.15, 0.2) is 0 Å². The van der Waals surface area contributed by atoms with Crippen molar-refractivity contribution in [3.8, 4) is 16.9 Å². The highest BCUT2D eigenvalue weighted by atomic mass is 35.5. The van der Waals surface area contributed by atoms with E-state index in [2.05, 4.69) is 10.2 Å². The maximum Gasteiger partial charge on any atom is 0.146 e. The monoisotopic (exact) mass is 406 g/mol. The van der Waals surface area contributed by atoms with Crippen molar-refractivity contribution in [1.29, 1.82) is 0 Å². The van der Waals surface area contributed by atoms with E-state index < -0.39 is 11.6 Å². The second kappa shape index (κ2) is 7.17. The number of rotatable bonds is 2. The van der Waals surface area contributed by atoms with Crippen LogP contribution in [0.25, 0.3) is 11.1 Å². The first-order chi connectivity index (χ1) is 13.6. The summed E-state index contributed by atoms with van der Waals surface area (Å²) >= 11 is 5.82. The molecule has 2 saturated heterocycles. The third-order valence-electron chi connectivity index (χ3n) is 5.83. The topological polar surface area (TPSA) is 33.7 Å². The number of benzene rings is 2. The molecule has 4 nitrogen and oxygen atoms in total. The van der Waals surface area contributed by atoms with Crippen molar-refractivity contribution in [2.75, 3.05) is 44.3 Å². The predicted octanol–water partition coefficient (Wildman–Crippen LogP) is 3.96. The average Bonchev–Trinajstić information content (AvgIpc) is 3.06. The molecule has 2 fully saturated rings. The Balaban J connectivity index is 1.67. The Morgan fingerprint density at radius 2 is 1.82 bits per heavy atom. The molecule has 0 radical (unpaired) electrons. The molecule has 3 aliphatic heterocycles. The van der Waals surface area contributed by atoms with E-state index in [1.165, 1.54) is 0 Å². The van der Waals surface area contributed by atoms with Gasteiger partial charge < -0.3 is 19.7 Å². The van der Waals surface area contributed by atoms with Crippen LogP contribution in [0.5, 0.6) is 5.75 Å².